The molecule has 2 rings (SSSR count). The Morgan fingerprint density at radius 2 is 2.23 bits per heavy atom. The molecule has 13 heavy (non-hydrogen) atoms. The predicted molar refractivity (Wildman–Crippen MR) is 52.9 cm³/mol. The molecule has 0 radical (unpaired) electrons. The molecule has 0 aromatic carbocycles. The van der Waals surface area contributed by atoms with Gasteiger partial charge in [0.15, 0.2) is 0 Å². The van der Waals surface area contributed by atoms with E-state index in [-0.39, 0.29) is 0 Å². The SMILES string of the molecule is CN1c2cncc(Br)c2NS1(=O)=O. The zero-order valence-electron chi connectivity index (χ0n) is 6.65. The highest BCUT2D eigenvalue weighted by Crippen LogP contribution is 2.38. The number of hydrogen-bond acceptors (Lipinski definition) is 3. The van der Waals surface area contributed by atoms with Crippen molar-refractivity contribution in [3.63, 3.8) is 0 Å². The molecule has 0 atom stereocenters. The average molecular weight is 264 g/mol. The molecule has 1 aromatic heterocycles. The maximum atomic E-state index is 11.3. The Morgan fingerprint density at radius 1 is 1.54 bits per heavy atom. The summed E-state index contributed by atoms with van der Waals surface area (Å²) >= 11 is 3.21. The number of nitrogens with zero attached hydrogens (tertiary/aromatic N) is 2. The first-order chi connectivity index (χ1) is 6.02. The lowest BCUT2D eigenvalue weighted by Crippen LogP contribution is -2.25. The van der Waals surface area contributed by atoms with Crippen molar-refractivity contribution < 1.29 is 8.42 Å². The quantitative estimate of drug-likeness (QED) is 0.758. The van der Waals surface area contributed by atoms with Crippen molar-refractivity contribution in [1.82, 2.24) is 4.98 Å². The summed E-state index contributed by atoms with van der Waals surface area (Å²) in [5.41, 5.74) is 1.09. The number of halogens is 1. The molecule has 1 aliphatic rings. The Kier molecular flexibility index (Phi) is 1.74. The summed E-state index contributed by atoms with van der Waals surface area (Å²) in [6, 6.07) is 0. The molecule has 7 heteroatoms. The van der Waals surface area contributed by atoms with Crippen LogP contribution in [0.5, 0.6) is 0 Å². The minimum atomic E-state index is -3.39. The van der Waals surface area contributed by atoms with E-state index in [0.29, 0.717) is 15.8 Å². The topological polar surface area (TPSA) is 62.3 Å². The van der Waals surface area contributed by atoms with Gasteiger partial charge in [-0.15, -0.1) is 0 Å². The van der Waals surface area contributed by atoms with Crippen LogP contribution in [-0.4, -0.2) is 20.4 Å². The van der Waals surface area contributed by atoms with Gasteiger partial charge in [-0.1, -0.05) is 0 Å². The predicted octanol–water partition coefficient (Wildman–Crippen LogP) is 0.951. The van der Waals surface area contributed by atoms with Crippen LogP contribution in [0.2, 0.25) is 0 Å². The zero-order valence-corrected chi connectivity index (χ0v) is 9.05. The molecule has 1 aromatic rings. The Labute approximate surface area is 84.1 Å². The molecule has 0 amide bonds. The molecule has 1 aliphatic heterocycles. The Balaban J connectivity index is 2.69. The largest absolute Gasteiger partial charge is 0.323 e. The average Bonchev–Trinajstić information content (AvgIpc) is 2.28. The van der Waals surface area contributed by atoms with E-state index >= 15 is 0 Å². The second kappa shape index (κ2) is 2.58. The molecule has 0 bridgehead atoms. The fourth-order valence-electron chi connectivity index (χ4n) is 1.09. The lowest BCUT2D eigenvalue weighted by Gasteiger charge is -2.07. The fraction of sp³-hybridized carbons (Fsp3) is 0.167. The summed E-state index contributed by atoms with van der Waals surface area (Å²) < 4.78 is 26.9. The van der Waals surface area contributed by atoms with Crippen LogP contribution in [0, 0.1) is 0 Å². The van der Waals surface area contributed by atoms with Crippen LogP contribution in [0.4, 0.5) is 11.4 Å². The van der Waals surface area contributed by atoms with Gasteiger partial charge in [0, 0.05) is 13.2 Å². The highest BCUT2D eigenvalue weighted by Gasteiger charge is 2.30. The molecule has 5 nitrogen and oxygen atoms in total. The van der Waals surface area contributed by atoms with E-state index in [2.05, 4.69) is 25.6 Å². The number of anilines is 2. The molecule has 0 aliphatic carbocycles. The molecular formula is C6H6BrN3O2S. The minimum absolute atomic E-state index is 0.539. The van der Waals surface area contributed by atoms with Crippen LogP contribution in [0.25, 0.3) is 0 Å². The number of rotatable bonds is 0. The van der Waals surface area contributed by atoms with E-state index in [1.54, 1.807) is 6.20 Å². The molecule has 0 saturated heterocycles. The summed E-state index contributed by atoms with van der Waals surface area (Å²) in [7, 11) is -1.92. The van der Waals surface area contributed by atoms with Gasteiger partial charge in [0.05, 0.1) is 22.0 Å². The van der Waals surface area contributed by atoms with Crippen LogP contribution in [-0.2, 0) is 10.2 Å². The maximum Gasteiger partial charge on any atom is 0.323 e. The molecule has 0 spiro atoms. The number of aromatic nitrogens is 1. The molecule has 0 saturated carbocycles. The Hall–Kier alpha value is -0.820. The van der Waals surface area contributed by atoms with Crippen molar-refractivity contribution in [2.75, 3.05) is 16.1 Å². The molecule has 70 valence electrons. The lowest BCUT2D eigenvalue weighted by molar-refractivity contribution is 0.601. The van der Waals surface area contributed by atoms with Crippen LogP contribution < -0.4 is 9.03 Å². The Bertz CT molecular complexity index is 459. The normalized spacial score (nSPS) is 18.2. The molecule has 2 heterocycles. The first kappa shape index (κ1) is 8.76. The van der Waals surface area contributed by atoms with Gasteiger partial charge in [-0.2, -0.15) is 8.42 Å². The molecular weight excluding hydrogens is 258 g/mol. The van der Waals surface area contributed by atoms with E-state index in [0.717, 1.165) is 4.31 Å². The van der Waals surface area contributed by atoms with Crippen LogP contribution in [0.1, 0.15) is 0 Å². The van der Waals surface area contributed by atoms with E-state index in [1.165, 1.54) is 13.2 Å². The van der Waals surface area contributed by atoms with E-state index in [4.69, 9.17) is 0 Å². The van der Waals surface area contributed by atoms with E-state index in [1.807, 2.05) is 0 Å². The Morgan fingerprint density at radius 3 is 2.85 bits per heavy atom. The third-order valence-electron chi connectivity index (χ3n) is 1.81. The minimum Gasteiger partial charge on any atom is -0.263 e. The van der Waals surface area contributed by atoms with Gasteiger partial charge >= 0.3 is 10.2 Å². The number of fused-ring (bicyclic) bond motifs is 1. The second-order valence-electron chi connectivity index (χ2n) is 2.59. The van der Waals surface area contributed by atoms with Gasteiger partial charge < -0.3 is 0 Å². The molecule has 0 fully saturated rings. The lowest BCUT2D eigenvalue weighted by atomic mass is 10.3. The summed E-state index contributed by atoms with van der Waals surface area (Å²) in [5.74, 6) is 0. The number of nitrogens with one attached hydrogen (secondary N) is 1. The smallest absolute Gasteiger partial charge is 0.263 e. The first-order valence-corrected chi connectivity index (χ1v) is 5.66. The van der Waals surface area contributed by atoms with Gasteiger partial charge in [-0.25, -0.2) is 0 Å². The van der Waals surface area contributed by atoms with Crippen molar-refractivity contribution in [1.29, 1.82) is 0 Å². The number of hydrogen-bond donors (Lipinski definition) is 1. The third-order valence-corrected chi connectivity index (χ3v) is 3.79. The molecule has 0 unspecified atom stereocenters. The summed E-state index contributed by atoms with van der Waals surface area (Å²) in [6.45, 7) is 0. The van der Waals surface area contributed by atoms with Crippen LogP contribution >= 0.6 is 15.9 Å². The van der Waals surface area contributed by atoms with Gasteiger partial charge in [0.1, 0.15) is 0 Å². The standard InChI is InChI=1S/C6H6BrN3O2S/c1-10-5-3-8-2-4(7)6(5)9-13(10,11)12/h2-3,9H,1H3. The van der Waals surface area contributed by atoms with Crippen LogP contribution in [0.15, 0.2) is 16.9 Å². The highest BCUT2D eigenvalue weighted by atomic mass is 79.9. The van der Waals surface area contributed by atoms with Crippen molar-refractivity contribution in [3.8, 4) is 0 Å². The fourth-order valence-corrected chi connectivity index (χ4v) is 2.65. The van der Waals surface area contributed by atoms with Crippen molar-refractivity contribution >= 4 is 37.5 Å². The van der Waals surface area contributed by atoms with E-state index < -0.39 is 10.2 Å². The second-order valence-corrected chi connectivity index (χ2v) is 5.15. The third kappa shape index (κ3) is 1.19. The highest BCUT2D eigenvalue weighted by molar-refractivity contribution is 9.10. The van der Waals surface area contributed by atoms with Gasteiger partial charge in [-0.05, 0) is 15.9 Å². The van der Waals surface area contributed by atoms with Gasteiger partial charge in [0.2, 0.25) is 0 Å². The maximum absolute atomic E-state index is 11.3. The first-order valence-electron chi connectivity index (χ1n) is 3.42. The van der Waals surface area contributed by atoms with Gasteiger partial charge in [-0.3, -0.25) is 14.0 Å². The van der Waals surface area contributed by atoms with Crippen molar-refractivity contribution in [3.05, 3.63) is 16.9 Å². The number of pyridine rings is 1. The van der Waals surface area contributed by atoms with Gasteiger partial charge in [0.25, 0.3) is 0 Å². The summed E-state index contributed by atoms with van der Waals surface area (Å²) in [6.07, 6.45) is 3.04. The summed E-state index contributed by atoms with van der Waals surface area (Å²) in [5, 5.41) is 0. The summed E-state index contributed by atoms with van der Waals surface area (Å²) in [4.78, 5) is 3.88. The molecule has 1 N–H and O–H groups in total. The zero-order chi connectivity index (χ0) is 9.64. The monoisotopic (exact) mass is 263 g/mol. The van der Waals surface area contributed by atoms with Crippen molar-refractivity contribution in [2.45, 2.75) is 0 Å². The van der Waals surface area contributed by atoms with Crippen molar-refractivity contribution in [2.24, 2.45) is 0 Å². The van der Waals surface area contributed by atoms with Crippen LogP contribution in [0.3, 0.4) is 0 Å². The van der Waals surface area contributed by atoms with E-state index in [9.17, 15) is 8.42 Å².